The summed E-state index contributed by atoms with van der Waals surface area (Å²) in [6.07, 6.45) is 0. The maximum atomic E-state index is 9.00. The Bertz CT molecular complexity index is 38.2. The Morgan fingerprint density at radius 1 is 1.57 bits per heavy atom. The molecule has 0 radical (unpaired) electrons. The first-order chi connectivity index (χ1) is 3.15. The largest absolute Gasteiger partial charge is 0.481 e. The summed E-state index contributed by atoms with van der Waals surface area (Å²) in [6.45, 7) is 0.333. The topological polar surface area (TPSA) is 77.8 Å². The van der Waals surface area contributed by atoms with Gasteiger partial charge in [-0.05, 0) is 0 Å². The van der Waals surface area contributed by atoms with Crippen LogP contribution in [0.2, 0.25) is 0 Å². The van der Waals surface area contributed by atoms with Gasteiger partial charge in [-0.2, -0.15) is 0 Å². The smallest absolute Gasteiger partial charge is 0.300 e. The van der Waals surface area contributed by atoms with E-state index >= 15 is 0 Å². The molecule has 0 amide bonds. The van der Waals surface area contributed by atoms with Crippen LogP contribution in [0, 0.1) is 0 Å². The summed E-state index contributed by atoms with van der Waals surface area (Å²) in [5.41, 5.74) is 0. The number of aliphatic carboxylic acids is 1. The fraction of sp³-hybridized carbons (Fsp3) is 0.667. The molecule has 3 N–H and O–H groups in total. The Morgan fingerprint density at radius 2 is 1.57 bits per heavy atom. The second-order valence-corrected chi connectivity index (χ2v) is 0.660. The predicted octanol–water partition coefficient (Wildman–Crippen LogP) is -0.981. The third-order valence-electron chi connectivity index (χ3n) is 0. The quantitative estimate of drug-likeness (QED) is 0.348. The van der Waals surface area contributed by atoms with E-state index < -0.39 is 12.8 Å². The van der Waals surface area contributed by atoms with Gasteiger partial charge in [0.05, 0.1) is 0 Å². The SMILES string of the molecule is CC(=O)O.OCO. The Morgan fingerprint density at radius 3 is 1.57 bits per heavy atom. The van der Waals surface area contributed by atoms with Crippen LogP contribution in [-0.2, 0) is 4.79 Å². The van der Waals surface area contributed by atoms with E-state index in [1.54, 1.807) is 0 Å². The molecule has 0 aromatic rings. The van der Waals surface area contributed by atoms with E-state index in [1.165, 1.54) is 0 Å². The highest BCUT2D eigenvalue weighted by Crippen LogP contribution is 1.42. The van der Waals surface area contributed by atoms with Crippen LogP contribution in [0.3, 0.4) is 0 Å². The lowest BCUT2D eigenvalue weighted by atomic mass is 10.9. The first-order valence-electron chi connectivity index (χ1n) is 1.56. The molecule has 0 aromatic carbocycles. The fourth-order valence-electron chi connectivity index (χ4n) is 0. The van der Waals surface area contributed by atoms with Gasteiger partial charge in [0.15, 0.2) is 0 Å². The molecule has 44 valence electrons. The van der Waals surface area contributed by atoms with Crippen LogP contribution in [0.4, 0.5) is 0 Å². The molecule has 0 aromatic heterocycles. The van der Waals surface area contributed by atoms with Crippen LogP contribution in [0.5, 0.6) is 0 Å². The summed E-state index contributed by atoms with van der Waals surface area (Å²) in [5, 5.41) is 21.7. The van der Waals surface area contributed by atoms with Crippen molar-refractivity contribution in [1.82, 2.24) is 0 Å². The van der Waals surface area contributed by atoms with Crippen molar-refractivity contribution < 1.29 is 20.1 Å². The first kappa shape index (κ1) is 9.63. The minimum absolute atomic E-state index is 0.750. The molecule has 0 bridgehead atoms. The molecule has 0 fully saturated rings. The Hall–Kier alpha value is -0.610. The van der Waals surface area contributed by atoms with Gasteiger partial charge in [-0.3, -0.25) is 4.79 Å². The minimum atomic E-state index is -0.833. The summed E-state index contributed by atoms with van der Waals surface area (Å²) in [5.74, 6) is -0.833. The van der Waals surface area contributed by atoms with Gasteiger partial charge in [0.25, 0.3) is 5.97 Å². The number of hydrogen-bond donors (Lipinski definition) is 3. The Labute approximate surface area is 41.0 Å². The zero-order chi connectivity index (χ0) is 6.28. The highest BCUT2D eigenvalue weighted by atomic mass is 16.5. The molecule has 4 nitrogen and oxygen atoms in total. The molecular formula is C3H8O4. The summed E-state index contributed by atoms with van der Waals surface area (Å²) in [7, 11) is 0. The summed E-state index contributed by atoms with van der Waals surface area (Å²) in [6, 6.07) is 0. The lowest BCUT2D eigenvalue weighted by Crippen LogP contribution is -1.78. The molecule has 0 saturated carbocycles. The van der Waals surface area contributed by atoms with Gasteiger partial charge in [0.1, 0.15) is 6.79 Å². The average Bonchev–Trinajstić information content (AvgIpc) is 1.33. The van der Waals surface area contributed by atoms with Gasteiger partial charge in [0, 0.05) is 6.92 Å². The first-order valence-corrected chi connectivity index (χ1v) is 1.56. The molecule has 0 saturated heterocycles. The predicted molar refractivity (Wildman–Crippen MR) is 22.6 cm³/mol. The highest BCUT2D eigenvalue weighted by Gasteiger charge is 1.65. The molecule has 0 atom stereocenters. The number of carboxylic acids is 1. The van der Waals surface area contributed by atoms with Crippen molar-refractivity contribution in [2.45, 2.75) is 6.92 Å². The van der Waals surface area contributed by atoms with Crippen LogP contribution >= 0.6 is 0 Å². The van der Waals surface area contributed by atoms with E-state index in [2.05, 4.69) is 0 Å². The zero-order valence-electron chi connectivity index (χ0n) is 3.96. The van der Waals surface area contributed by atoms with Gasteiger partial charge in [0.2, 0.25) is 0 Å². The molecule has 4 heteroatoms. The van der Waals surface area contributed by atoms with Crippen molar-refractivity contribution in [3.63, 3.8) is 0 Å². The van der Waals surface area contributed by atoms with Crippen molar-refractivity contribution in [3.05, 3.63) is 0 Å². The summed E-state index contributed by atoms with van der Waals surface area (Å²) in [4.78, 5) is 9.00. The second kappa shape index (κ2) is 9.04. The lowest BCUT2D eigenvalue weighted by Gasteiger charge is -1.59. The van der Waals surface area contributed by atoms with Crippen molar-refractivity contribution in [2.24, 2.45) is 0 Å². The van der Waals surface area contributed by atoms with E-state index in [4.69, 9.17) is 20.1 Å². The second-order valence-electron chi connectivity index (χ2n) is 0.660. The molecule has 0 heterocycles. The average molecular weight is 108 g/mol. The molecule has 0 spiro atoms. The standard InChI is InChI=1S/C2H4O2.CH4O2/c1-2(3)4;2-1-3/h1H3,(H,3,4);2-3H,1H2. The molecule has 0 aliphatic rings. The Kier molecular flexibility index (Phi) is 12.4. The van der Waals surface area contributed by atoms with Gasteiger partial charge in [-0.15, -0.1) is 0 Å². The molecule has 0 aliphatic heterocycles. The van der Waals surface area contributed by atoms with E-state index in [0.717, 1.165) is 6.92 Å². The van der Waals surface area contributed by atoms with Gasteiger partial charge in [-0.25, -0.2) is 0 Å². The third-order valence-corrected chi connectivity index (χ3v) is 0. The van der Waals surface area contributed by atoms with E-state index in [1.807, 2.05) is 0 Å². The highest BCUT2D eigenvalue weighted by molar-refractivity contribution is 5.62. The molecule has 0 rings (SSSR count). The zero-order valence-corrected chi connectivity index (χ0v) is 3.96. The van der Waals surface area contributed by atoms with Crippen LogP contribution in [0.1, 0.15) is 6.92 Å². The van der Waals surface area contributed by atoms with Crippen molar-refractivity contribution in [1.29, 1.82) is 0 Å². The molecule has 7 heavy (non-hydrogen) atoms. The van der Waals surface area contributed by atoms with Crippen LogP contribution < -0.4 is 0 Å². The number of aliphatic hydroxyl groups is 2. The number of rotatable bonds is 0. The Balaban J connectivity index is 0. The van der Waals surface area contributed by atoms with Gasteiger partial charge < -0.3 is 15.3 Å². The maximum absolute atomic E-state index is 9.00. The minimum Gasteiger partial charge on any atom is -0.481 e. The number of carbonyl (C=O) groups is 1. The maximum Gasteiger partial charge on any atom is 0.300 e. The van der Waals surface area contributed by atoms with Crippen molar-refractivity contribution in [2.75, 3.05) is 6.79 Å². The van der Waals surface area contributed by atoms with E-state index in [9.17, 15) is 0 Å². The van der Waals surface area contributed by atoms with Gasteiger partial charge >= 0.3 is 0 Å². The van der Waals surface area contributed by atoms with Crippen LogP contribution in [-0.4, -0.2) is 28.1 Å². The molecular weight excluding hydrogens is 100 g/mol. The van der Waals surface area contributed by atoms with Crippen LogP contribution in [0.15, 0.2) is 0 Å². The summed E-state index contributed by atoms with van der Waals surface area (Å²) < 4.78 is 0. The van der Waals surface area contributed by atoms with Crippen LogP contribution in [0.25, 0.3) is 0 Å². The summed E-state index contributed by atoms with van der Waals surface area (Å²) >= 11 is 0. The third kappa shape index (κ3) is 166. The van der Waals surface area contributed by atoms with E-state index in [-0.39, 0.29) is 0 Å². The molecule has 0 unspecified atom stereocenters. The number of hydrogen-bond acceptors (Lipinski definition) is 3. The van der Waals surface area contributed by atoms with E-state index in [0.29, 0.717) is 0 Å². The van der Waals surface area contributed by atoms with Crippen molar-refractivity contribution in [3.8, 4) is 0 Å². The van der Waals surface area contributed by atoms with Crippen molar-refractivity contribution >= 4 is 5.97 Å². The lowest BCUT2D eigenvalue weighted by molar-refractivity contribution is -0.134. The number of aliphatic hydroxyl groups excluding tert-OH is 1. The normalized spacial score (nSPS) is 6.14. The monoisotopic (exact) mass is 108 g/mol. The number of carboxylic acid groups (broad SMARTS) is 1. The van der Waals surface area contributed by atoms with Gasteiger partial charge in [-0.1, -0.05) is 0 Å². The molecule has 0 aliphatic carbocycles. The fourth-order valence-corrected chi connectivity index (χ4v) is 0.